The van der Waals surface area contributed by atoms with E-state index >= 15 is 0 Å². The Morgan fingerprint density at radius 3 is 2.30 bits per heavy atom. The van der Waals surface area contributed by atoms with Crippen LogP contribution in [0.3, 0.4) is 0 Å². The molecule has 60 valence electrons. The van der Waals surface area contributed by atoms with Crippen LogP contribution < -0.4 is 0 Å². The standard InChI is InChI=1S/C9H19N/c1-5-7-8-9(6-2)10(3)4/h6H,5,7-8H2,1-4H3. The molecule has 0 aromatic rings. The van der Waals surface area contributed by atoms with E-state index in [2.05, 4.69) is 38.9 Å². The van der Waals surface area contributed by atoms with E-state index in [0.717, 1.165) is 0 Å². The molecule has 0 heterocycles. The second-order valence-electron chi connectivity index (χ2n) is 2.78. The SMILES string of the molecule is CC=C(CCCC)N(C)C. The lowest BCUT2D eigenvalue weighted by molar-refractivity contribution is 0.478. The van der Waals surface area contributed by atoms with Gasteiger partial charge in [-0.1, -0.05) is 19.4 Å². The van der Waals surface area contributed by atoms with Gasteiger partial charge in [0.2, 0.25) is 0 Å². The molecular weight excluding hydrogens is 122 g/mol. The molecule has 0 bridgehead atoms. The Bertz CT molecular complexity index is 103. The third-order valence-electron chi connectivity index (χ3n) is 1.69. The Labute approximate surface area is 64.7 Å². The molecule has 0 N–H and O–H groups in total. The minimum Gasteiger partial charge on any atom is -0.381 e. The summed E-state index contributed by atoms with van der Waals surface area (Å²) in [6, 6.07) is 0. The second-order valence-corrected chi connectivity index (χ2v) is 2.78. The van der Waals surface area contributed by atoms with E-state index in [4.69, 9.17) is 0 Å². The third kappa shape index (κ3) is 3.54. The molecule has 0 fully saturated rings. The van der Waals surface area contributed by atoms with Gasteiger partial charge in [-0.15, -0.1) is 0 Å². The summed E-state index contributed by atoms with van der Waals surface area (Å²) in [6.45, 7) is 4.33. The van der Waals surface area contributed by atoms with Crippen molar-refractivity contribution in [3.8, 4) is 0 Å². The molecule has 0 spiro atoms. The van der Waals surface area contributed by atoms with Crippen molar-refractivity contribution in [2.75, 3.05) is 14.1 Å². The Morgan fingerprint density at radius 1 is 1.40 bits per heavy atom. The van der Waals surface area contributed by atoms with Gasteiger partial charge in [0.15, 0.2) is 0 Å². The van der Waals surface area contributed by atoms with E-state index in [1.165, 1.54) is 25.0 Å². The molecule has 0 saturated heterocycles. The van der Waals surface area contributed by atoms with E-state index in [9.17, 15) is 0 Å². The van der Waals surface area contributed by atoms with E-state index in [-0.39, 0.29) is 0 Å². The minimum absolute atomic E-state index is 1.22. The predicted octanol–water partition coefficient (Wildman–Crippen LogP) is 2.64. The lowest BCUT2D eigenvalue weighted by Crippen LogP contribution is -2.10. The lowest BCUT2D eigenvalue weighted by Gasteiger charge is -2.16. The van der Waals surface area contributed by atoms with Crippen molar-refractivity contribution in [3.05, 3.63) is 11.8 Å². The van der Waals surface area contributed by atoms with Crippen LogP contribution in [0.25, 0.3) is 0 Å². The summed E-state index contributed by atoms with van der Waals surface area (Å²) in [7, 11) is 4.20. The molecule has 0 aromatic carbocycles. The highest BCUT2D eigenvalue weighted by Crippen LogP contribution is 2.08. The summed E-state index contributed by atoms with van der Waals surface area (Å²) in [5.41, 5.74) is 1.45. The first-order valence-electron chi connectivity index (χ1n) is 4.04. The largest absolute Gasteiger partial charge is 0.381 e. The predicted molar refractivity (Wildman–Crippen MR) is 47.0 cm³/mol. The number of hydrogen-bond donors (Lipinski definition) is 0. The Kier molecular flexibility index (Phi) is 5.09. The highest BCUT2D eigenvalue weighted by atomic mass is 15.1. The summed E-state index contributed by atoms with van der Waals surface area (Å²) in [4.78, 5) is 2.19. The molecule has 0 atom stereocenters. The second kappa shape index (κ2) is 5.33. The first-order chi connectivity index (χ1) is 4.72. The molecule has 10 heavy (non-hydrogen) atoms. The highest BCUT2D eigenvalue weighted by molar-refractivity contribution is 4.96. The van der Waals surface area contributed by atoms with E-state index in [0.29, 0.717) is 0 Å². The molecule has 0 aliphatic rings. The molecule has 0 aliphatic heterocycles. The molecule has 0 amide bonds. The van der Waals surface area contributed by atoms with E-state index in [1.54, 1.807) is 0 Å². The van der Waals surface area contributed by atoms with Crippen LogP contribution in [0.2, 0.25) is 0 Å². The Balaban J connectivity index is 3.63. The fourth-order valence-corrected chi connectivity index (χ4v) is 0.984. The molecule has 0 radical (unpaired) electrons. The summed E-state index contributed by atoms with van der Waals surface area (Å²) in [5.74, 6) is 0. The topological polar surface area (TPSA) is 3.24 Å². The summed E-state index contributed by atoms with van der Waals surface area (Å²) in [6.07, 6.45) is 6.00. The number of unbranched alkanes of at least 4 members (excludes halogenated alkanes) is 1. The quantitative estimate of drug-likeness (QED) is 0.581. The lowest BCUT2D eigenvalue weighted by atomic mass is 10.2. The van der Waals surface area contributed by atoms with Crippen molar-refractivity contribution in [2.24, 2.45) is 0 Å². The van der Waals surface area contributed by atoms with Crippen LogP contribution in [0.1, 0.15) is 33.1 Å². The molecule has 0 saturated carbocycles. The number of rotatable bonds is 4. The number of hydrogen-bond acceptors (Lipinski definition) is 1. The normalized spacial score (nSPS) is 11.8. The van der Waals surface area contributed by atoms with Gasteiger partial charge in [-0.2, -0.15) is 0 Å². The molecular formula is C9H19N. The maximum atomic E-state index is 2.23. The molecule has 1 nitrogen and oxygen atoms in total. The summed E-state index contributed by atoms with van der Waals surface area (Å²) < 4.78 is 0. The average molecular weight is 141 g/mol. The van der Waals surface area contributed by atoms with Crippen molar-refractivity contribution < 1.29 is 0 Å². The van der Waals surface area contributed by atoms with Gasteiger partial charge in [0.1, 0.15) is 0 Å². The fourth-order valence-electron chi connectivity index (χ4n) is 0.984. The van der Waals surface area contributed by atoms with Crippen LogP contribution in [-0.4, -0.2) is 19.0 Å². The van der Waals surface area contributed by atoms with E-state index in [1.807, 2.05) is 0 Å². The molecule has 0 aromatic heterocycles. The van der Waals surface area contributed by atoms with Gasteiger partial charge in [0, 0.05) is 19.8 Å². The zero-order valence-electron chi connectivity index (χ0n) is 7.65. The number of nitrogens with zero attached hydrogens (tertiary/aromatic N) is 1. The Hall–Kier alpha value is -0.460. The van der Waals surface area contributed by atoms with Crippen LogP contribution >= 0.6 is 0 Å². The van der Waals surface area contributed by atoms with Crippen LogP contribution in [0, 0.1) is 0 Å². The van der Waals surface area contributed by atoms with Crippen molar-refractivity contribution in [2.45, 2.75) is 33.1 Å². The van der Waals surface area contributed by atoms with Gasteiger partial charge in [-0.25, -0.2) is 0 Å². The summed E-state index contributed by atoms with van der Waals surface area (Å²) in [5, 5.41) is 0. The summed E-state index contributed by atoms with van der Waals surface area (Å²) >= 11 is 0. The van der Waals surface area contributed by atoms with Gasteiger partial charge >= 0.3 is 0 Å². The van der Waals surface area contributed by atoms with Crippen molar-refractivity contribution >= 4 is 0 Å². The van der Waals surface area contributed by atoms with E-state index < -0.39 is 0 Å². The zero-order valence-corrected chi connectivity index (χ0v) is 7.65. The molecule has 0 unspecified atom stereocenters. The van der Waals surface area contributed by atoms with Crippen molar-refractivity contribution in [1.82, 2.24) is 4.90 Å². The highest BCUT2D eigenvalue weighted by Gasteiger charge is 1.95. The maximum Gasteiger partial charge on any atom is 0.00841 e. The van der Waals surface area contributed by atoms with Crippen LogP contribution in [0.15, 0.2) is 11.8 Å². The number of allylic oxidation sites excluding steroid dienone is 2. The fraction of sp³-hybridized carbons (Fsp3) is 0.778. The van der Waals surface area contributed by atoms with Crippen LogP contribution in [0.4, 0.5) is 0 Å². The first-order valence-corrected chi connectivity index (χ1v) is 4.04. The van der Waals surface area contributed by atoms with Gasteiger partial charge < -0.3 is 4.90 Å². The monoisotopic (exact) mass is 141 g/mol. The van der Waals surface area contributed by atoms with Gasteiger partial charge in [0.05, 0.1) is 0 Å². The molecule has 0 rings (SSSR count). The van der Waals surface area contributed by atoms with Gasteiger partial charge in [-0.3, -0.25) is 0 Å². The van der Waals surface area contributed by atoms with Gasteiger partial charge in [0.25, 0.3) is 0 Å². The smallest absolute Gasteiger partial charge is 0.00841 e. The zero-order chi connectivity index (χ0) is 7.98. The van der Waals surface area contributed by atoms with Crippen LogP contribution in [-0.2, 0) is 0 Å². The minimum atomic E-state index is 1.22. The van der Waals surface area contributed by atoms with Crippen molar-refractivity contribution in [3.63, 3.8) is 0 Å². The maximum absolute atomic E-state index is 2.23. The van der Waals surface area contributed by atoms with Crippen molar-refractivity contribution in [1.29, 1.82) is 0 Å². The average Bonchev–Trinajstić information content (AvgIpc) is 1.89. The molecule has 0 aliphatic carbocycles. The molecule has 1 heteroatoms. The van der Waals surface area contributed by atoms with Crippen LogP contribution in [0.5, 0.6) is 0 Å². The Morgan fingerprint density at radius 2 is 2.00 bits per heavy atom. The first kappa shape index (κ1) is 9.54. The third-order valence-corrected chi connectivity index (χ3v) is 1.69. The van der Waals surface area contributed by atoms with Gasteiger partial charge in [-0.05, 0) is 19.8 Å².